The van der Waals surface area contributed by atoms with Gasteiger partial charge in [0.2, 0.25) is 0 Å². The number of nitrogens with one attached hydrogen (secondary N) is 1. The summed E-state index contributed by atoms with van der Waals surface area (Å²) in [6.45, 7) is 0. The molecule has 0 bridgehead atoms. The van der Waals surface area contributed by atoms with E-state index >= 15 is 0 Å². The zero-order valence-electron chi connectivity index (χ0n) is 15.5. The van der Waals surface area contributed by atoms with Crippen molar-refractivity contribution in [1.82, 2.24) is 4.98 Å². The van der Waals surface area contributed by atoms with Crippen molar-refractivity contribution < 1.29 is 22.7 Å². The van der Waals surface area contributed by atoms with Gasteiger partial charge in [-0.1, -0.05) is 12.1 Å². The third-order valence-corrected chi connectivity index (χ3v) is 4.45. The van der Waals surface area contributed by atoms with Gasteiger partial charge >= 0.3 is 6.18 Å². The lowest BCUT2D eigenvalue weighted by Crippen LogP contribution is -2.13. The van der Waals surface area contributed by atoms with Crippen molar-refractivity contribution in [2.75, 3.05) is 5.32 Å². The van der Waals surface area contributed by atoms with Crippen molar-refractivity contribution in [2.24, 2.45) is 0 Å². The zero-order chi connectivity index (χ0) is 21.1. The minimum Gasteiger partial charge on any atom is -0.457 e. The van der Waals surface area contributed by atoms with E-state index in [4.69, 9.17) is 4.74 Å². The molecule has 4 aromatic rings. The highest BCUT2D eigenvalue weighted by Crippen LogP contribution is 2.30. The summed E-state index contributed by atoms with van der Waals surface area (Å²) < 4.78 is 43.9. The molecular formula is C23H15F3N2O2. The predicted octanol–water partition coefficient (Wildman–Crippen LogP) is 6.30. The fourth-order valence-corrected chi connectivity index (χ4v) is 3.01. The number of carbonyl (C=O) groups is 1. The molecule has 1 N–H and O–H groups in total. The van der Waals surface area contributed by atoms with Crippen molar-refractivity contribution in [1.29, 1.82) is 0 Å². The molecule has 1 heterocycles. The van der Waals surface area contributed by atoms with E-state index in [1.54, 1.807) is 48.8 Å². The molecule has 0 aliphatic heterocycles. The number of aromatic nitrogens is 1. The van der Waals surface area contributed by atoms with Gasteiger partial charge in [0.15, 0.2) is 0 Å². The van der Waals surface area contributed by atoms with Crippen LogP contribution in [-0.4, -0.2) is 10.9 Å². The molecule has 0 aliphatic rings. The van der Waals surface area contributed by atoms with Crippen LogP contribution in [-0.2, 0) is 6.18 Å². The van der Waals surface area contributed by atoms with Crippen LogP contribution in [0.1, 0.15) is 15.9 Å². The Morgan fingerprint density at radius 1 is 0.867 bits per heavy atom. The van der Waals surface area contributed by atoms with Gasteiger partial charge in [-0.3, -0.25) is 9.78 Å². The number of alkyl halides is 3. The first-order valence-corrected chi connectivity index (χ1v) is 8.99. The van der Waals surface area contributed by atoms with Crippen molar-refractivity contribution in [3.63, 3.8) is 0 Å². The standard InChI is InChI=1S/C23H15F3N2O2/c24-23(25,26)16-4-6-17(7-5-16)28-22(29)21-3-1-2-15-14-19(8-9-20(15)21)30-18-10-12-27-13-11-18/h1-14H,(H,28,29). The molecule has 0 spiro atoms. The minimum absolute atomic E-state index is 0.280. The van der Waals surface area contributed by atoms with Crippen LogP contribution in [0.4, 0.5) is 18.9 Å². The Labute approximate surface area is 169 Å². The van der Waals surface area contributed by atoms with E-state index in [1.165, 1.54) is 12.1 Å². The Morgan fingerprint density at radius 2 is 1.60 bits per heavy atom. The zero-order valence-corrected chi connectivity index (χ0v) is 15.5. The smallest absolute Gasteiger partial charge is 0.416 e. The molecular weight excluding hydrogens is 393 g/mol. The van der Waals surface area contributed by atoms with Crippen molar-refractivity contribution >= 4 is 22.4 Å². The lowest BCUT2D eigenvalue weighted by atomic mass is 10.0. The lowest BCUT2D eigenvalue weighted by molar-refractivity contribution is -0.137. The summed E-state index contributed by atoms with van der Waals surface area (Å²) in [4.78, 5) is 16.7. The average Bonchev–Trinajstić information content (AvgIpc) is 2.73. The van der Waals surface area contributed by atoms with Crippen LogP contribution >= 0.6 is 0 Å². The van der Waals surface area contributed by atoms with Crippen molar-refractivity contribution in [2.45, 2.75) is 6.18 Å². The first-order valence-electron chi connectivity index (χ1n) is 8.99. The third-order valence-electron chi connectivity index (χ3n) is 4.45. The normalized spacial score (nSPS) is 11.3. The summed E-state index contributed by atoms with van der Waals surface area (Å²) in [7, 11) is 0. The molecule has 0 unspecified atom stereocenters. The topological polar surface area (TPSA) is 51.2 Å². The summed E-state index contributed by atoms with van der Waals surface area (Å²) in [5, 5.41) is 4.13. The van der Waals surface area contributed by atoms with Crippen molar-refractivity contribution in [3.8, 4) is 11.5 Å². The van der Waals surface area contributed by atoms with E-state index in [9.17, 15) is 18.0 Å². The van der Waals surface area contributed by atoms with Crippen molar-refractivity contribution in [3.05, 3.63) is 96.3 Å². The van der Waals surface area contributed by atoms with Crippen LogP contribution in [0.2, 0.25) is 0 Å². The van der Waals surface area contributed by atoms with Crippen LogP contribution in [0.25, 0.3) is 10.8 Å². The summed E-state index contributed by atoms with van der Waals surface area (Å²) in [6.07, 6.45) is -1.17. The average molecular weight is 408 g/mol. The lowest BCUT2D eigenvalue weighted by Gasteiger charge is -2.11. The summed E-state index contributed by atoms with van der Waals surface area (Å²) >= 11 is 0. The Hall–Kier alpha value is -3.87. The Kier molecular flexibility index (Phi) is 5.10. The predicted molar refractivity (Wildman–Crippen MR) is 108 cm³/mol. The number of carbonyl (C=O) groups excluding carboxylic acids is 1. The molecule has 0 saturated heterocycles. The molecule has 0 atom stereocenters. The number of ether oxygens (including phenoxy) is 1. The number of nitrogens with zero attached hydrogens (tertiary/aromatic N) is 1. The van der Waals surface area contributed by atoms with Crippen LogP contribution in [0.15, 0.2) is 85.2 Å². The van der Waals surface area contributed by atoms with E-state index in [1.807, 2.05) is 12.1 Å². The highest BCUT2D eigenvalue weighted by molar-refractivity contribution is 6.13. The van der Waals surface area contributed by atoms with Gasteiger partial charge in [-0.15, -0.1) is 0 Å². The first-order chi connectivity index (χ1) is 14.4. The molecule has 0 aliphatic carbocycles. The third kappa shape index (κ3) is 4.25. The SMILES string of the molecule is O=C(Nc1ccc(C(F)(F)F)cc1)c1cccc2cc(Oc3ccncc3)ccc12. The van der Waals surface area contributed by atoms with Gasteiger partial charge < -0.3 is 10.1 Å². The number of fused-ring (bicyclic) bond motifs is 1. The Balaban J connectivity index is 1.57. The monoisotopic (exact) mass is 408 g/mol. The maximum absolute atomic E-state index is 12.7. The quantitative estimate of drug-likeness (QED) is 0.431. The number of hydrogen-bond donors (Lipinski definition) is 1. The number of pyridine rings is 1. The maximum atomic E-state index is 12.7. The van der Waals surface area contributed by atoms with E-state index in [0.717, 1.165) is 17.5 Å². The molecule has 1 amide bonds. The van der Waals surface area contributed by atoms with E-state index in [-0.39, 0.29) is 5.69 Å². The van der Waals surface area contributed by atoms with Gasteiger partial charge in [0.05, 0.1) is 5.56 Å². The summed E-state index contributed by atoms with van der Waals surface area (Å²) in [5.74, 6) is 0.831. The molecule has 0 radical (unpaired) electrons. The molecule has 1 aromatic heterocycles. The Morgan fingerprint density at radius 3 is 2.30 bits per heavy atom. The largest absolute Gasteiger partial charge is 0.457 e. The molecule has 0 fully saturated rings. The van der Waals surface area contributed by atoms with E-state index in [2.05, 4.69) is 10.3 Å². The molecule has 4 rings (SSSR count). The first kappa shape index (κ1) is 19.4. The number of anilines is 1. The van der Waals surface area contributed by atoms with Gasteiger partial charge in [-0.25, -0.2) is 0 Å². The number of amides is 1. The van der Waals surface area contributed by atoms with Gasteiger partial charge in [-0.2, -0.15) is 13.2 Å². The van der Waals surface area contributed by atoms with Crippen LogP contribution < -0.4 is 10.1 Å². The van der Waals surface area contributed by atoms with Crippen LogP contribution in [0.5, 0.6) is 11.5 Å². The van der Waals surface area contributed by atoms with Crippen LogP contribution in [0, 0.1) is 0 Å². The van der Waals surface area contributed by atoms with E-state index in [0.29, 0.717) is 22.4 Å². The number of rotatable bonds is 4. The fourth-order valence-electron chi connectivity index (χ4n) is 3.01. The Bertz CT molecular complexity index is 1190. The highest BCUT2D eigenvalue weighted by Gasteiger charge is 2.30. The fraction of sp³-hybridized carbons (Fsp3) is 0.0435. The maximum Gasteiger partial charge on any atom is 0.416 e. The summed E-state index contributed by atoms with van der Waals surface area (Å²) in [5.41, 5.74) is -0.0853. The molecule has 150 valence electrons. The molecule has 0 saturated carbocycles. The highest BCUT2D eigenvalue weighted by atomic mass is 19.4. The van der Waals surface area contributed by atoms with Gasteiger partial charge in [0.1, 0.15) is 11.5 Å². The summed E-state index contributed by atoms with van der Waals surface area (Å²) in [6, 6.07) is 18.4. The molecule has 7 heteroatoms. The molecule has 3 aromatic carbocycles. The van der Waals surface area contributed by atoms with Crippen LogP contribution in [0.3, 0.4) is 0 Å². The van der Waals surface area contributed by atoms with E-state index < -0.39 is 17.6 Å². The minimum atomic E-state index is -4.42. The number of halogens is 3. The van der Waals surface area contributed by atoms with Gasteiger partial charge in [0.25, 0.3) is 5.91 Å². The molecule has 4 nitrogen and oxygen atoms in total. The van der Waals surface area contributed by atoms with Gasteiger partial charge in [0, 0.05) is 23.6 Å². The second kappa shape index (κ2) is 7.87. The van der Waals surface area contributed by atoms with Gasteiger partial charge in [-0.05, 0) is 71.4 Å². The second-order valence-corrected chi connectivity index (χ2v) is 6.50. The number of hydrogen-bond acceptors (Lipinski definition) is 3. The number of benzene rings is 3. The second-order valence-electron chi connectivity index (χ2n) is 6.50. The molecule has 30 heavy (non-hydrogen) atoms.